The molecule has 0 saturated heterocycles. The highest BCUT2D eigenvalue weighted by molar-refractivity contribution is 7.12. The summed E-state index contributed by atoms with van der Waals surface area (Å²) in [5, 5.41) is 13.4. The normalized spacial score (nSPS) is 16.3. The number of carboxylic acid groups (broad SMARTS) is 1. The number of aromatic carboxylic acids is 1. The molecule has 0 unspecified atom stereocenters. The molecule has 0 aromatic carbocycles. The van der Waals surface area contributed by atoms with Gasteiger partial charge in [0.05, 0.1) is 11.0 Å². The summed E-state index contributed by atoms with van der Waals surface area (Å²) in [5.74, 6) is -1.52. The van der Waals surface area contributed by atoms with Gasteiger partial charge < -0.3 is 15.3 Å². The fraction of sp³-hybridized carbons (Fsp3) is 0.533. The third-order valence-corrected chi connectivity index (χ3v) is 5.01. The predicted molar refractivity (Wildman–Crippen MR) is 83.2 cm³/mol. The SMILES string of the molecule is CN(C)C(=O)C1(CNC(=O)c2ccsc2C(=O)O)CCCC1. The van der Waals surface area contributed by atoms with E-state index >= 15 is 0 Å². The van der Waals surface area contributed by atoms with Crippen molar-refractivity contribution in [3.63, 3.8) is 0 Å². The monoisotopic (exact) mass is 324 g/mol. The first kappa shape index (κ1) is 16.5. The number of carboxylic acids is 1. The summed E-state index contributed by atoms with van der Waals surface area (Å²) in [6, 6.07) is 1.50. The van der Waals surface area contributed by atoms with E-state index in [4.69, 9.17) is 5.11 Å². The number of carbonyl (C=O) groups is 3. The Morgan fingerprint density at radius 1 is 1.32 bits per heavy atom. The molecule has 0 atom stereocenters. The third kappa shape index (κ3) is 3.14. The van der Waals surface area contributed by atoms with E-state index in [-0.39, 0.29) is 22.9 Å². The molecule has 0 aliphatic heterocycles. The first-order valence-electron chi connectivity index (χ1n) is 7.18. The van der Waals surface area contributed by atoms with Crippen LogP contribution in [0.1, 0.15) is 45.7 Å². The number of hydrogen-bond donors (Lipinski definition) is 2. The minimum Gasteiger partial charge on any atom is -0.477 e. The van der Waals surface area contributed by atoms with E-state index in [1.807, 2.05) is 0 Å². The maximum Gasteiger partial charge on any atom is 0.346 e. The molecule has 22 heavy (non-hydrogen) atoms. The van der Waals surface area contributed by atoms with Gasteiger partial charge in [0.1, 0.15) is 4.88 Å². The zero-order chi connectivity index (χ0) is 16.3. The quantitative estimate of drug-likeness (QED) is 0.865. The molecule has 0 bridgehead atoms. The summed E-state index contributed by atoms with van der Waals surface area (Å²) in [7, 11) is 3.43. The van der Waals surface area contributed by atoms with Crippen molar-refractivity contribution in [1.82, 2.24) is 10.2 Å². The standard InChI is InChI=1S/C15H20N2O4S/c1-17(2)14(21)15(6-3-4-7-15)9-16-12(18)10-5-8-22-11(10)13(19)20/h5,8H,3-4,6-7,9H2,1-2H3,(H,16,18)(H,19,20). The van der Waals surface area contributed by atoms with Crippen LogP contribution in [0.3, 0.4) is 0 Å². The van der Waals surface area contributed by atoms with E-state index in [9.17, 15) is 14.4 Å². The Morgan fingerprint density at radius 3 is 2.50 bits per heavy atom. The van der Waals surface area contributed by atoms with Crippen LogP contribution in [-0.4, -0.2) is 48.4 Å². The van der Waals surface area contributed by atoms with Crippen molar-refractivity contribution in [1.29, 1.82) is 0 Å². The summed E-state index contributed by atoms with van der Waals surface area (Å²) in [6.45, 7) is 0.248. The van der Waals surface area contributed by atoms with Gasteiger partial charge in [-0.25, -0.2) is 4.79 Å². The van der Waals surface area contributed by atoms with E-state index in [1.54, 1.807) is 24.4 Å². The van der Waals surface area contributed by atoms with E-state index in [0.29, 0.717) is 0 Å². The molecule has 1 aromatic rings. The van der Waals surface area contributed by atoms with Gasteiger partial charge in [0.2, 0.25) is 5.91 Å². The molecule has 1 heterocycles. The molecule has 1 aliphatic rings. The summed E-state index contributed by atoms with van der Waals surface area (Å²) in [6.07, 6.45) is 3.43. The Morgan fingerprint density at radius 2 is 1.95 bits per heavy atom. The molecule has 7 heteroatoms. The van der Waals surface area contributed by atoms with Gasteiger partial charge in [0.15, 0.2) is 0 Å². The largest absolute Gasteiger partial charge is 0.477 e. The molecule has 1 fully saturated rings. The van der Waals surface area contributed by atoms with Crippen LogP contribution in [0, 0.1) is 5.41 Å². The number of thiophene rings is 1. The van der Waals surface area contributed by atoms with Crippen molar-refractivity contribution < 1.29 is 19.5 Å². The second kappa shape index (κ2) is 6.48. The highest BCUT2D eigenvalue weighted by atomic mass is 32.1. The molecule has 2 N–H and O–H groups in total. The van der Waals surface area contributed by atoms with Crippen LogP contribution in [0.4, 0.5) is 0 Å². The number of hydrogen-bond acceptors (Lipinski definition) is 4. The maximum absolute atomic E-state index is 12.4. The lowest BCUT2D eigenvalue weighted by Gasteiger charge is -2.30. The topological polar surface area (TPSA) is 86.7 Å². The number of nitrogens with zero attached hydrogens (tertiary/aromatic N) is 1. The first-order chi connectivity index (χ1) is 10.4. The predicted octanol–water partition coefficient (Wildman–Crippen LogP) is 1.82. The number of rotatable bonds is 5. The molecular formula is C15H20N2O4S. The summed E-state index contributed by atoms with van der Waals surface area (Å²) >= 11 is 1.02. The Balaban J connectivity index is 2.10. The zero-order valence-electron chi connectivity index (χ0n) is 12.7. The molecule has 120 valence electrons. The van der Waals surface area contributed by atoms with Crippen LogP contribution in [0.5, 0.6) is 0 Å². The first-order valence-corrected chi connectivity index (χ1v) is 8.06. The van der Waals surface area contributed by atoms with Crippen molar-refractivity contribution >= 4 is 29.1 Å². The van der Waals surface area contributed by atoms with E-state index in [2.05, 4.69) is 5.32 Å². The Hall–Kier alpha value is -1.89. The highest BCUT2D eigenvalue weighted by Crippen LogP contribution is 2.39. The van der Waals surface area contributed by atoms with Crippen LogP contribution < -0.4 is 5.32 Å². The number of nitrogens with one attached hydrogen (secondary N) is 1. The van der Waals surface area contributed by atoms with Gasteiger partial charge in [-0.1, -0.05) is 12.8 Å². The highest BCUT2D eigenvalue weighted by Gasteiger charge is 2.42. The van der Waals surface area contributed by atoms with Crippen LogP contribution in [-0.2, 0) is 4.79 Å². The van der Waals surface area contributed by atoms with Gasteiger partial charge in [-0.15, -0.1) is 11.3 Å². The lowest BCUT2D eigenvalue weighted by Crippen LogP contribution is -2.46. The minimum atomic E-state index is -1.11. The van der Waals surface area contributed by atoms with E-state index in [0.717, 1.165) is 37.0 Å². The molecule has 2 rings (SSSR count). The molecule has 1 aliphatic carbocycles. The molecule has 1 aromatic heterocycles. The van der Waals surface area contributed by atoms with Crippen molar-refractivity contribution in [2.45, 2.75) is 25.7 Å². The second-order valence-corrected chi connectivity index (χ2v) is 6.75. The summed E-state index contributed by atoms with van der Waals surface area (Å²) in [5.41, 5.74) is -0.401. The lowest BCUT2D eigenvalue weighted by molar-refractivity contribution is -0.138. The Bertz CT molecular complexity index is 588. The molecule has 2 amide bonds. The van der Waals surface area contributed by atoms with Crippen LogP contribution >= 0.6 is 11.3 Å². The third-order valence-electron chi connectivity index (χ3n) is 4.11. The van der Waals surface area contributed by atoms with Gasteiger partial charge in [-0.2, -0.15) is 0 Å². The Kier molecular flexibility index (Phi) is 4.85. The van der Waals surface area contributed by atoms with Crippen molar-refractivity contribution in [2.24, 2.45) is 5.41 Å². The number of amides is 2. The van der Waals surface area contributed by atoms with Crippen molar-refractivity contribution in [2.75, 3.05) is 20.6 Å². The summed E-state index contributed by atoms with van der Waals surface area (Å²) < 4.78 is 0. The average molecular weight is 324 g/mol. The van der Waals surface area contributed by atoms with Crippen LogP contribution in [0.15, 0.2) is 11.4 Å². The molecule has 1 saturated carbocycles. The number of carbonyl (C=O) groups excluding carboxylic acids is 2. The summed E-state index contributed by atoms with van der Waals surface area (Å²) in [4.78, 5) is 37.3. The van der Waals surface area contributed by atoms with Crippen molar-refractivity contribution in [3.8, 4) is 0 Å². The molecule has 0 spiro atoms. The average Bonchev–Trinajstić information content (AvgIpc) is 3.13. The van der Waals surface area contributed by atoms with Gasteiger partial charge in [-0.05, 0) is 24.3 Å². The van der Waals surface area contributed by atoms with Gasteiger partial charge in [0.25, 0.3) is 5.91 Å². The lowest BCUT2D eigenvalue weighted by atomic mass is 9.84. The van der Waals surface area contributed by atoms with Crippen LogP contribution in [0.25, 0.3) is 0 Å². The minimum absolute atomic E-state index is 0.0223. The van der Waals surface area contributed by atoms with E-state index < -0.39 is 17.3 Å². The zero-order valence-corrected chi connectivity index (χ0v) is 13.5. The molecule has 6 nitrogen and oxygen atoms in total. The molecular weight excluding hydrogens is 304 g/mol. The Labute approximate surface area is 133 Å². The van der Waals surface area contributed by atoms with Crippen LogP contribution in [0.2, 0.25) is 0 Å². The smallest absolute Gasteiger partial charge is 0.346 e. The second-order valence-electron chi connectivity index (χ2n) is 5.84. The maximum atomic E-state index is 12.4. The fourth-order valence-electron chi connectivity index (χ4n) is 2.99. The fourth-order valence-corrected chi connectivity index (χ4v) is 3.72. The molecule has 0 radical (unpaired) electrons. The van der Waals surface area contributed by atoms with Gasteiger partial charge >= 0.3 is 5.97 Å². The van der Waals surface area contributed by atoms with Gasteiger partial charge in [-0.3, -0.25) is 9.59 Å². The van der Waals surface area contributed by atoms with E-state index in [1.165, 1.54) is 6.07 Å². The van der Waals surface area contributed by atoms with Gasteiger partial charge in [0, 0.05) is 20.6 Å². The van der Waals surface area contributed by atoms with Crippen molar-refractivity contribution in [3.05, 3.63) is 21.9 Å².